The predicted octanol–water partition coefficient (Wildman–Crippen LogP) is 5.39. The average molecular weight is 631 g/mol. The van der Waals surface area contributed by atoms with Crippen LogP contribution < -0.4 is 30.6 Å². The number of hydrogen-bond acceptors (Lipinski definition) is 9. The highest BCUT2D eigenvalue weighted by Crippen LogP contribution is 2.40. The van der Waals surface area contributed by atoms with Crippen molar-refractivity contribution in [2.24, 2.45) is 11.7 Å². The minimum atomic E-state index is -4.88. The number of benzene rings is 2. The summed E-state index contributed by atoms with van der Waals surface area (Å²) in [6.07, 6.45) is -1.83. The summed E-state index contributed by atoms with van der Waals surface area (Å²) < 4.78 is 58.7. The molecule has 1 atom stereocenters. The lowest BCUT2D eigenvalue weighted by atomic mass is 10.0. The standard InChI is InChI=1S/C31H37F3N6O5/c1-5-18(2)17-44-23-7-6-8-24(26(23)27(35)41)45-29-21(31(32,33)34)16-36-30(39-29)38-22-10-9-19(15-25(22)43-4)28(42)37-20-11-13-40(3)14-12-20/h6-10,15-16,18,20H,5,11-14,17H2,1-4H3,(H2,35,41)(H,37,42)(H,36,38,39)/t18-/m0/s1. The van der Waals surface area contributed by atoms with Gasteiger partial charge in [0.05, 0.1) is 19.4 Å². The first kappa shape index (κ1) is 33.3. The van der Waals surface area contributed by atoms with Crippen LogP contribution in [-0.2, 0) is 6.18 Å². The monoisotopic (exact) mass is 630 g/mol. The average Bonchev–Trinajstić information content (AvgIpc) is 3.00. The van der Waals surface area contributed by atoms with Crippen LogP contribution in [0.1, 0.15) is 59.4 Å². The molecule has 0 bridgehead atoms. The van der Waals surface area contributed by atoms with Crippen LogP contribution in [0.3, 0.4) is 0 Å². The Kier molecular flexibility index (Phi) is 10.7. The molecular formula is C31H37F3N6O5. The molecule has 0 spiro atoms. The largest absolute Gasteiger partial charge is 0.495 e. The molecule has 14 heteroatoms. The minimum absolute atomic E-state index is 0.0544. The van der Waals surface area contributed by atoms with Gasteiger partial charge in [0.15, 0.2) is 0 Å². The SMILES string of the molecule is CC[C@H](C)COc1cccc(Oc2nc(Nc3ccc(C(=O)NC4CCN(C)CC4)cc3OC)ncc2C(F)(F)F)c1C(N)=O. The number of nitrogens with two attached hydrogens (primary N) is 1. The van der Waals surface area contributed by atoms with Gasteiger partial charge in [-0.1, -0.05) is 26.3 Å². The van der Waals surface area contributed by atoms with Gasteiger partial charge in [0, 0.05) is 17.8 Å². The number of primary amides is 1. The van der Waals surface area contributed by atoms with Gasteiger partial charge in [-0.2, -0.15) is 18.2 Å². The van der Waals surface area contributed by atoms with E-state index in [0.717, 1.165) is 32.4 Å². The van der Waals surface area contributed by atoms with Crippen LogP contribution in [0.5, 0.6) is 23.1 Å². The third kappa shape index (κ3) is 8.53. The van der Waals surface area contributed by atoms with E-state index >= 15 is 0 Å². The number of ether oxygens (including phenoxy) is 3. The molecule has 0 saturated carbocycles. The van der Waals surface area contributed by atoms with Crippen LogP contribution in [0, 0.1) is 5.92 Å². The first-order valence-electron chi connectivity index (χ1n) is 14.5. The molecule has 1 aliphatic heterocycles. The van der Waals surface area contributed by atoms with E-state index in [1.54, 1.807) is 6.07 Å². The van der Waals surface area contributed by atoms with Crippen LogP contribution in [0.15, 0.2) is 42.6 Å². The molecule has 1 aromatic heterocycles. The second-order valence-electron chi connectivity index (χ2n) is 10.9. The van der Waals surface area contributed by atoms with Crippen LogP contribution in [0.2, 0.25) is 0 Å². The molecule has 2 aromatic carbocycles. The zero-order chi connectivity index (χ0) is 32.7. The van der Waals surface area contributed by atoms with E-state index in [2.05, 4.69) is 25.5 Å². The van der Waals surface area contributed by atoms with Gasteiger partial charge in [-0.05, 0) is 69.2 Å². The molecule has 2 heterocycles. The second kappa shape index (κ2) is 14.5. The third-order valence-corrected chi connectivity index (χ3v) is 7.48. The van der Waals surface area contributed by atoms with Crippen LogP contribution >= 0.6 is 0 Å². The Morgan fingerprint density at radius 2 is 1.84 bits per heavy atom. The van der Waals surface area contributed by atoms with Gasteiger partial charge < -0.3 is 35.5 Å². The molecule has 11 nitrogen and oxygen atoms in total. The van der Waals surface area contributed by atoms with Crippen molar-refractivity contribution < 1.29 is 37.0 Å². The first-order valence-corrected chi connectivity index (χ1v) is 14.5. The topological polar surface area (TPSA) is 141 Å². The lowest BCUT2D eigenvalue weighted by Gasteiger charge is -2.29. The summed E-state index contributed by atoms with van der Waals surface area (Å²) in [5.74, 6) is -2.14. The fraction of sp³-hybridized carbons (Fsp3) is 0.419. The molecule has 4 rings (SSSR count). The zero-order valence-corrected chi connectivity index (χ0v) is 25.5. The fourth-order valence-electron chi connectivity index (χ4n) is 4.59. The summed E-state index contributed by atoms with van der Waals surface area (Å²) in [5.41, 5.74) is 4.72. The lowest BCUT2D eigenvalue weighted by Crippen LogP contribution is -2.43. The minimum Gasteiger partial charge on any atom is -0.495 e. The van der Waals surface area contributed by atoms with Crippen LogP contribution in [-0.4, -0.2) is 66.6 Å². The summed E-state index contributed by atoms with van der Waals surface area (Å²) in [7, 11) is 3.42. The zero-order valence-electron chi connectivity index (χ0n) is 25.5. The first-order chi connectivity index (χ1) is 21.4. The molecular weight excluding hydrogens is 593 g/mol. The van der Waals surface area contributed by atoms with E-state index in [4.69, 9.17) is 19.9 Å². The summed E-state index contributed by atoms with van der Waals surface area (Å²) in [4.78, 5) is 35.2. The van der Waals surface area contributed by atoms with Gasteiger partial charge in [0.25, 0.3) is 11.8 Å². The fourth-order valence-corrected chi connectivity index (χ4v) is 4.59. The highest BCUT2D eigenvalue weighted by molar-refractivity contribution is 5.98. The van der Waals surface area contributed by atoms with Crippen molar-refractivity contribution in [3.05, 3.63) is 59.3 Å². The van der Waals surface area contributed by atoms with Gasteiger partial charge in [-0.25, -0.2) is 4.98 Å². The molecule has 0 unspecified atom stereocenters. The molecule has 45 heavy (non-hydrogen) atoms. The molecule has 2 amide bonds. The number of piperidine rings is 1. The second-order valence-corrected chi connectivity index (χ2v) is 10.9. The Balaban J connectivity index is 1.60. The Morgan fingerprint density at radius 1 is 1.13 bits per heavy atom. The van der Waals surface area contributed by atoms with Crippen molar-refractivity contribution in [1.29, 1.82) is 0 Å². The predicted molar refractivity (Wildman–Crippen MR) is 161 cm³/mol. The van der Waals surface area contributed by atoms with Crippen molar-refractivity contribution in [3.63, 3.8) is 0 Å². The molecule has 0 radical (unpaired) electrons. The molecule has 242 valence electrons. The highest BCUT2D eigenvalue weighted by atomic mass is 19.4. The van der Waals surface area contributed by atoms with E-state index in [9.17, 15) is 22.8 Å². The summed E-state index contributed by atoms with van der Waals surface area (Å²) >= 11 is 0. The number of amides is 2. The van der Waals surface area contributed by atoms with Gasteiger partial charge in [-0.15, -0.1) is 0 Å². The maximum Gasteiger partial charge on any atom is 0.423 e. The number of nitrogens with zero attached hydrogens (tertiary/aromatic N) is 3. The number of carbonyl (C=O) groups is 2. The number of aromatic nitrogens is 2. The van der Waals surface area contributed by atoms with Crippen molar-refractivity contribution in [1.82, 2.24) is 20.2 Å². The smallest absolute Gasteiger partial charge is 0.423 e. The number of nitrogens with one attached hydrogen (secondary N) is 2. The number of alkyl halides is 3. The number of carbonyl (C=O) groups excluding carboxylic acids is 2. The van der Waals surface area contributed by atoms with Gasteiger partial charge in [0.2, 0.25) is 11.8 Å². The van der Waals surface area contributed by atoms with Crippen molar-refractivity contribution in [2.45, 2.75) is 45.3 Å². The van der Waals surface area contributed by atoms with E-state index in [1.165, 1.54) is 37.4 Å². The lowest BCUT2D eigenvalue weighted by molar-refractivity contribution is -0.139. The van der Waals surface area contributed by atoms with Crippen LogP contribution in [0.4, 0.5) is 24.8 Å². The molecule has 1 fully saturated rings. The number of anilines is 2. The number of likely N-dealkylation sites (tertiary alicyclic amines) is 1. The maximum absolute atomic E-state index is 14.0. The Labute approximate surface area is 259 Å². The molecule has 3 aromatic rings. The molecule has 1 saturated heterocycles. The van der Waals surface area contributed by atoms with E-state index < -0.39 is 23.5 Å². The highest BCUT2D eigenvalue weighted by Gasteiger charge is 2.37. The maximum atomic E-state index is 14.0. The Bertz CT molecular complexity index is 1510. The quantitative estimate of drug-likeness (QED) is 0.240. The molecule has 1 aliphatic rings. The van der Waals surface area contributed by atoms with Crippen molar-refractivity contribution in [3.8, 4) is 23.1 Å². The van der Waals surface area contributed by atoms with Crippen molar-refractivity contribution >= 4 is 23.5 Å². The van der Waals surface area contributed by atoms with E-state index in [-0.39, 0.29) is 58.9 Å². The van der Waals surface area contributed by atoms with Crippen molar-refractivity contribution in [2.75, 3.05) is 39.2 Å². The van der Waals surface area contributed by atoms with Crippen LogP contribution in [0.25, 0.3) is 0 Å². The molecule has 0 aliphatic carbocycles. The normalized spacial score (nSPS) is 14.8. The number of methoxy groups -OCH3 is 1. The molecule has 4 N–H and O–H groups in total. The van der Waals surface area contributed by atoms with E-state index in [0.29, 0.717) is 11.8 Å². The summed E-state index contributed by atoms with van der Waals surface area (Å²) in [5, 5.41) is 5.85. The number of hydrogen-bond donors (Lipinski definition) is 3. The Hall–Kier alpha value is -4.59. The Morgan fingerprint density at radius 3 is 2.49 bits per heavy atom. The van der Waals surface area contributed by atoms with Gasteiger partial charge in [-0.3, -0.25) is 9.59 Å². The number of halogens is 3. The van der Waals surface area contributed by atoms with Gasteiger partial charge in [0.1, 0.15) is 28.4 Å². The van der Waals surface area contributed by atoms with E-state index in [1.807, 2.05) is 20.9 Å². The summed E-state index contributed by atoms with van der Waals surface area (Å²) in [6.45, 7) is 5.95. The third-order valence-electron chi connectivity index (χ3n) is 7.48. The number of rotatable bonds is 12. The van der Waals surface area contributed by atoms with Gasteiger partial charge >= 0.3 is 6.18 Å². The summed E-state index contributed by atoms with van der Waals surface area (Å²) in [6, 6.07) is 8.91.